The highest BCUT2D eigenvalue weighted by Gasteiger charge is 2.14. The van der Waals surface area contributed by atoms with E-state index < -0.39 is 5.91 Å². The number of ether oxygens (including phenoxy) is 2. The molecule has 3 heterocycles. The Bertz CT molecular complexity index is 1550. The number of carbonyl (C=O) groups is 1. The molecule has 3 aromatic heterocycles. The van der Waals surface area contributed by atoms with Crippen LogP contribution < -0.4 is 20.3 Å². The second-order valence-electron chi connectivity index (χ2n) is 7.31. The highest BCUT2D eigenvalue weighted by molar-refractivity contribution is 7.16. The Labute approximate surface area is 213 Å². The molecule has 0 radical (unpaired) electrons. The van der Waals surface area contributed by atoms with Gasteiger partial charge in [0.05, 0.1) is 12.8 Å². The number of hydrogen-bond acceptors (Lipinski definition) is 11. The average Bonchev–Trinajstić information content (AvgIpc) is 3.53. The predicted molar refractivity (Wildman–Crippen MR) is 135 cm³/mol. The molecule has 36 heavy (non-hydrogen) atoms. The molecule has 0 fully saturated rings. The molecule has 1 aromatic carbocycles. The Kier molecular flexibility index (Phi) is 7.67. The van der Waals surface area contributed by atoms with Crippen LogP contribution in [0.25, 0.3) is 11.0 Å². The molecule has 0 unspecified atom stereocenters. The minimum atomic E-state index is -0.586. The van der Waals surface area contributed by atoms with Crippen molar-refractivity contribution in [1.82, 2.24) is 24.8 Å². The van der Waals surface area contributed by atoms with E-state index in [2.05, 4.69) is 25.6 Å². The van der Waals surface area contributed by atoms with Gasteiger partial charge in [0, 0.05) is 6.07 Å². The number of anilines is 1. The summed E-state index contributed by atoms with van der Waals surface area (Å²) < 4.78 is 12.6. The molecule has 0 aliphatic heterocycles. The molecule has 13 heteroatoms. The van der Waals surface area contributed by atoms with E-state index in [0.29, 0.717) is 45.7 Å². The van der Waals surface area contributed by atoms with Gasteiger partial charge in [-0.3, -0.25) is 14.9 Å². The molecule has 11 nitrogen and oxygen atoms in total. The summed E-state index contributed by atoms with van der Waals surface area (Å²) in [4.78, 5) is 29.8. The monoisotopic (exact) mass is 523 g/mol. The zero-order valence-corrected chi connectivity index (χ0v) is 21.3. The van der Waals surface area contributed by atoms with Crippen LogP contribution in [-0.4, -0.2) is 37.8 Å². The van der Waals surface area contributed by atoms with Gasteiger partial charge in [-0.1, -0.05) is 42.6 Å². The number of methoxy groups -OCH3 is 1. The van der Waals surface area contributed by atoms with Gasteiger partial charge in [-0.05, 0) is 36.6 Å². The average molecular weight is 524 g/mol. The van der Waals surface area contributed by atoms with Crippen LogP contribution in [0.2, 0.25) is 0 Å². The molecule has 0 atom stereocenters. The number of fused-ring (bicyclic) bond motifs is 1. The molecule has 184 valence electrons. The smallest absolute Gasteiger partial charge is 0.275 e. The molecule has 4 aromatic rings. The van der Waals surface area contributed by atoms with Crippen molar-refractivity contribution in [2.75, 3.05) is 12.4 Å². The van der Waals surface area contributed by atoms with Gasteiger partial charge in [-0.15, -0.1) is 10.2 Å². The fourth-order valence-corrected chi connectivity index (χ4v) is 4.62. The van der Waals surface area contributed by atoms with Crippen molar-refractivity contribution in [1.29, 1.82) is 5.26 Å². The van der Waals surface area contributed by atoms with Crippen molar-refractivity contribution in [2.24, 2.45) is 0 Å². The number of amides is 1. The largest absolute Gasteiger partial charge is 0.493 e. The summed E-state index contributed by atoms with van der Waals surface area (Å²) in [5.41, 5.74) is 0.646. The van der Waals surface area contributed by atoms with Gasteiger partial charge in [-0.2, -0.15) is 14.9 Å². The zero-order chi connectivity index (χ0) is 25.7. The lowest BCUT2D eigenvalue weighted by Crippen LogP contribution is -2.16. The normalized spacial score (nSPS) is 11.3. The number of nitrogens with zero attached hydrogens (tertiary/aromatic N) is 6. The van der Waals surface area contributed by atoms with Gasteiger partial charge in [0.2, 0.25) is 10.1 Å². The summed E-state index contributed by atoms with van der Waals surface area (Å²) in [6.45, 7) is 3.94. The fourth-order valence-electron chi connectivity index (χ4n) is 3.08. The minimum absolute atomic E-state index is 0.0457. The predicted octanol–water partition coefficient (Wildman–Crippen LogP) is 3.26. The molecule has 0 spiro atoms. The van der Waals surface area contributed by atoms with Gasteiger partial charge in [0.15, 0.2) is 11.5 Å². The molecule has 0 bridgehead atoms. The Morgan fingerprint density at radius 3 is 2.67 bits per heavy atom. The molecule has 0 saturated carbocycles. The summed E-state index contributed by atoms with van der Waals surface area (Å²) in [5.74, 6) is 0.221. The lowest BCUT2D eigenvalue weighted by atomic mass is 10.1. The van der Waals surface area contributed by atoms with E-state index in [1.54, 1.807) is 18.2 Å². The summed E-state index contributed by atoms with van der Waals surface area (Å²) in [6.07, 6.45) is 2.86. The third-order valence-corrected chi connectivity index (χ3v) is 6.91. The maximum Gasteiger partial charge on any atom is 0.275 e. The summed E-state index contributed by atoms with van der Waals surface area (Å²) in [6, 6.07) is 8.27. The van der Waals surface area contributed by atoms with Crippen LogP contribution in [0.5, 0.6) is 11.5 Å². The van der Waals surface area contributed by atoms with Crippen LogP contribution in [-0.2, 0) is 24.2 Å². The van der Waals surface area contributed by atoms with E-state index in [4.69, 9.17) is 9.47 Å². The maximum absolute atomic E-state index is 12.5. The van der Waals surface area contributed by atoms with Crippen molar-refractivity contribution in [3.63, 3.8) is 0 Å². The van der Waals surface area contributed by atoms with Gasteiger partial charge in [0.25, 0.3) is 11.5 Å². The molecular formula is C23H21N7O4S2. The highest BCUT2D eigenvalue weighted by atomic mass is 32.1. The Balaban J connectivity index is 1.49. The number of nitrogens with one attached hydrogen (secondary N) is 1. The minimum Gasteiger partial charge on any atom is -0.493 e. The molecular weight excluding hydrogens is 502 g/mol. The quantitative estimate of drug-likeness (QED) is 0.258. The Hall–Kier alpha value is -4.15. The van der Waals surface area contributed by atoms with Gasteiger partial charge in [0.1, 0.15) is 28.3 Å². The van der Waals surface area contributed by atoms with Gasteiger partial charge in [-0.25, -0.2) is 4.98 Å². The second kappa shape index (κ2) is 11.1. The first kappa shape index (κ1) is 25.0. The third kappa shape index (κ3) is 5.56. The third-order valence-electron chi connectivity index (χ3n) is 4.87. The van der Waals surface area contributed by atoms with Gasteiger partial charge < -0.3 is 9.47 Å². The van der Waals surface area contributed by atoms with Crippen molar-refractivity contribution < 1.29 is 14.3 Å². The first-order valence-corrected chi connectivity index (χ1v) is 12.5. The molecule has 4 rings (SSSR count). The Morgan fingerprint density at radius 2 is 1.97 bits per heavy atom. The maximum atomic E-state index is 12.5. The fraction of sp³-hybridized carbons (Fsp3) is 0.261. The van der Waals surface area contributed by atoms with Crippen molar-refractivity contribution in [3.05, 3.63) is 61.5 Å². The van der Waals surface area contributed by atoms with E-state index >= 15 is 0 Å². The molecule has 0 aliphatic rings. The molecule has 0 saturated heterocycles. The lowest BCUT2D eigenvalue weighted by molar-refractivity contribution is -0.112. The van der Waals surface area contributed by atoms with E-state index in [0.717, 1.165) is 10.0 Å². The van der Waals surface area contributed by atoms with Crippen molar-refractivity contribution in [2.45, 2.75) is 33.3 Å². The van der Waals surface area contributed by atoms with Crippen LogP contribution in [0.15, 0.2) is 34.6 Å². The number of benzene rings is 1. The number of hydrogen-bond donors (Lipinski definition) is 1. The van der Waals surface area contributed by atoms with E-state index in [1.807, 2.05) is 19.9 Å². The summed E-state index contributed by atoms with van der Waals surface area (Å²) >= 11 is 2.61. The SMILES string of the molecule is CCc1nnc(NC(=O)C(C#N)=Cc2ccc(OCc3cc(=O)n4nc(CC)sc4n3)c(OC)c2)s1. The van der Waals surface area contributed by atoms with E-state index in [1.165, 1.54) is 46.4 Å². The van der Waals surface area contributed by atoms with Crippen LogP contribution >= 0.6 is 22.7 Å². The number of nitriles is 1. The standard InChI is InChI=1S/C23H21N7O4S2/c1-4-18-27-28-22(35-18)26-21(32)14(11-24)8-13-6-7-16(17(9-13)33-3)34-12-15-10-20(31)30-23(25-15)36-19(5-2)29-30/h6-10H,4-5,12H2,1-3H3,(H,26,28,32). The number of aromatic nitrogens is 5. The van der Waals surface area contributed by atoms with Crippen LogP contribution in [0.4, 0.5) is 5.13 Å². The van der Waals surface area contributed by atoms with Gasteiger partial charge >= 0.3 is 0 Å². The van der Waals surface area contributed by atoms with E-state index in [-0.39, 0.29) is 17.7 Å². The van der Waals surface area contributed by atoms with Crippen molar-refractivity contribution in [3.8, 4) is 17.6 Å². The topological polar surface area (TPSA) is 144 Å². The summed E-state index contributed by atoms with van der Waals surface area (Å²) in [7, 11) is 1.48. The number of aryl methyl sites for hydroxylation is 2. The molecule has 0 aliphatic carbocycles. The lowest BCUT2D eigenvalue weighted by Gasteiger charge is -2.11. The van der Waals surface area contributed by atoms with E-state index in [9.17, 15) is 14.9 Å². The first-order chi connectivity index (χ1) is 17.4. The highest BCUT2D eigenvalue weighted by Crippen LogP contribution is 2.30. The Morgan fingerprint density at radius 1 is 1.17 bits per heavy atom. The molecule has 1 amide bonds. The molecule has 1 N–H and O–H groups in total. The first-order valence-electron chi connectivity index (χ1n) is 10.9. The zero-order valence-electron chi connectivity index (χ0n) is 19.6. The number of rotatable bonds is 9. The summed E-state index contributed by atoms with van der Waals surface area (Å²) in [5, 5.41) is 26.1. The second-order valence-corrected chi connectivity index (χ2v) is 9.41. The van der Waals surface area contributed by atoms with Crippen LogP contribution in [0.3, 0.4) is 0 Å². The van der Waals surface area contributed by atoms with Crippen molar-refractivity contribution >= 4 is 44.7 Å². The van der Waals surface area contributed by atoms with Crippen LogP contribution in [0, 0.1) is 11.3 Å². The number of carbonyl (C=O) groups excluding carboxylic acids is 1. The van der Waals surface area contributed by atoms with Crippen LogP contribution in [0.1, 0.15) is 35.1 Å².